The minimum Gasteiger partial charge on any atom is -0.339 e. The molecule has 2 atom stereocenters. The first-order valence-electron chi connectivity index (χ1n) is 4.66. The second-order valence-electron chi connectivity index (χ2n) is 3.47. The van der Waals surface area contributed by atoms with Crippen LogP contribution in [0.2, 0.25) is 0 Å². The normalized spacial score (nSPS) is 15.1. The van der Waals surface area contributed by atoms with Crippen LogP contribution in [0, 0.1) is 0 Å². The lowest BCUT2D eigenvalue weighted by Crippen LogP contribution is -2.22. The van der Waals surface area contributed by atoms with Gasteiger partial charge in [-0.25, -0.2) is 0 Å². The van der Waals surface area contributed by atoms with Crippen LogP contribution < -0.4 is 5.73 Å². The van der Waals surface area contributed by atoms with Gasteiger partial charge in [-0.05, 0) is 6.92 Å². The summed E-state index contributed by atoms with van der Waals surface area (Å²) in [5.74, 6) is 1.23. The standard InChI is InChI=1S/C9H12N4OS/c1-5(6(2)10)9-12-8(13-14-9)7-3-11-4-15-7/h3-6H,10H2,1-2H3. The van der Waals surface area contributed by atoms with Crippen molar-refractivity contribution in [3.63, 3.8) is 0 Å². The van der Waals surface area contributed by atoms with Crippen molar-refractivity contribution < 1.29 is 4.52 Å². The maximum Gasteiger partial charge on any atom is 0.231 e. The van der Waals surface area contributed by atoms with Gasteiger partial charge in [-0.3, -0.25) is 4.98 Å². The summed E-state index contributed by atoms with van der Waals surface area (Å²) in [7, 11) is 0. The smallest absolute Gasteiger partial charge is 0.231 e. The molecular formula is C9H12N4OS. The molecule has 0 bridgehead atoms. The summed E-state index contributed by atoms with van der Waals surface area (Å²) in [6, 6.07) is -0.000222. The van der Waals surface area contributed by atoms with Gasteiger partial charge in [0.25, 0.3) is 0 Å². The van der Waals surface area contributed by atoms with Gasteiger partial charge in [-0.1, -0.05) is 12.1 Å². The van der Waals surface area contributed by atoms with Gasteiger partial charge in [-0.2, -0.15) is 4.98 Å². The molecule has 0 saturated carbocycles. The quantitative estimate of drug-likeness (QED) is 0.857. The number of nitrogens with two attached hydrogens (primary N) is 1. The average Bonchev–Trinajstić information content (AvgIpc) is 2.86. The van der Waals surface area contributed by atoms with Crippen molar-refractivity contribution in [2.24, 2.45) is 5.73 Å². The van der Waals surface area contributed by atoms with E-state index < -0.39 is 0 Å². The lowest BCUT2D eigenvalue weighted by Gasteiger charge is -2.09. The van der Waals surface area contributed by atoms with Crippen LogP contribution in [0.5, 0.6) is 0 Å². The summed E-state index contributed by atoms with van der Waals surface area (Å²) >= 11 is 1.48. The summed E-state index contributed by atoms with van der Waals surface area (Å²) in [6.45, 7) is 3.88. The third-order valence-corrected chi connectivity index (χ3v) is 3.04. The molecular weight excluding hydrogens is 212 g/mol. The summed E-state index contributed by atoms with van der Waals surface area (Å²) in [5, 5.41) is 3.89. The molecule has 2 aromatic rings. The Kier molecular flexibility index (Phi) is 2.79. The molecule has 6 heteroatoms. The van der Waals surface area contributed by atoms with Crippen LogP contribution in [-0.4, -0.2) is 21.2 Å². The monoisotopic (exact) mass is 224 g/mol. The lowest BCUT2D eigenvalue weighted by atomic mass is 10.1. The molecule has 0 spiro atoms. The van der Waals surface area contributed by atoms with Gasteiger partial charge in [0, 0.05) is 12.2 Å². The van der Waals surface area contributed by atoms with E-state index in [2.05, 4.69) is 15.1 Å². The van der Waals surface area contributed by atoms with Crippen LogP contribution in [0.3, 0.4) is 0 Å². The molecule has 0 radical (unpaired) electrons. The van der Waals surface area contributed by atoms with Crippen molar-refractivity contribution >= 4 is 11.3 Å². The van der Waals surface area contributed by atoms with Crippen LogP contribution in [0.25, 0.3) is 10.7 Å². The second-order valence-corrected chi connectivity index (χ2v) is 4.36. The maximum absolute atomic E-state index is 5.76. The molecule has 0 fully saturated rings. The Bertz CT molecular complexity index is 423. The van der Waals surface area contributed by atoms with E-state index in [0.29, 0.717) is 11.7 Å². The topological polar surface area (TPSA) is 77.8 Å². The van der Waals surface area contributed by atoms with Gasteiger partial charge in [0.15, 0.2) is 0 Å². The van der Waals surface area contributed by atoms with E-state index in [0.717, 1.165) is 4.88 Å². The first kappa shape index (κ1) is 10.3. The van der Waals surface area contributed by atoms with Gasteiger partial charge in [-0.15, -0.1) is 11.3 Å². The Morgan fingerprint density at radius 1 is 1.47 bits per heavy atom. The molecule has 0 saturated heterocycles. The molecule has 2 heterocycles. The first-order valence-corrected chi connectivity index (χ1v) is 5.54. The van der Waals surface area contributed by atoms with Crippen molar-refractivity contribution in [1.82, 2.24) is 15.1 Å². The summed E-state index contributed by atoms with van der Waals surface area (Å²) in [5.41, 5.74) is 7.49. The largest absolute Gasteiger partial charge is 0.339 e. The van der Waals surface area contributed by atoms with E-state index in [1.165, 1.54) is 11.3 Å². The molecule has 2 rings (SSSR count). The zero-order chi connectivity index (χ0) is 10.8. The number of hydrogen-bond acceptors (Lipinski definition) is 6. The molecule has 0 amide bonds. The third kappa shape index (κ3) is 2.05. The Hall–Kier alpha value is -1.27. The van der Waals surface area contributed by atoms with Gasteiger partial charge in [0.05, 0.1) is 16.3 Å². The molecule has 80 valence electrons. The molecule has 0 aromatic carbocycles. The highest BCUT2D eigenvalue weighted by Gasteiger charge is 2.18. The van der Waals surface area contributed by atoms with Crippen LogP contribution in [-0.2, 0) is 0 Å². The van der Waals surface area contributed by atoms with Crippen molar-refractivity contribution in [1.29, 1.82) is 0 Å². The van der Waals surface area contributed by atoms with Crippen molar-refractivity contribution in [3.8, 4) is 10.7 Å². The Labute approximate surface area is 91.3 Å². The minimum absolute atomic E-state index is 0.000222. The lowest BCUT2D eigenvalue weighted by molar-refractivity contribution is 0.347. The summed E-state index contributed by atoms with van der Waals surface area (Å²) in [6.07, 6.45) is 1.72. The van der Waals surface area contributed by atoms with E-state index in [9.17, 15) is 0 Å². The maximum atomic E-state index is 5.76. The SMILES string of the molecule is CC(N)C(C)c1nc(-c2cncs2)no1. The fourth-order valence-electron chi connectivity index (χ4n) is 1.07. The third-order valence-electron chi connectivity index (χ3n) is 2.27. The van der Waals surface area contributed by atoms with Crippen LogP contribution in [0.15, 0.2) is 16.2 Å². The molecule has 15 heavy (non-hydrogen) atoms. The molecule has 0 aliphatic rings. The summed E-state index contributed by atoms with van der Waals surface area (Å²) < 4.78 is 5.15. The zero-order valence-electron chi connectivity index (χ0n) is 8.54. The molecule has 2 aromatic heterocycles. The zero-order valence-corrected chi connectivity index (χ0v) is 9.36. The van der Waals surface area contributed by atoms with Gasteiger partial charge in [0.2, 0.25) is 11.7 Å². The number of rotatable bonds is 3. The molecule has 0 aliphatic carbocycles. The number of aromatic nitrogens is 3. The summed E-state index contributed by atoms with van der Waals surface area (Å²) in [4.78, 5) is 9.15. The fraction of sp³-hybridized carbons (Fsp3) is 0.444. The Balaban J connectivity index is 2.25. The van der Waals surface area contributed by atoms with Gasteiger partial charge >= 0.3 is 0 Å². The highest BCUT2D eigenvalue weighted by atomic mass is 32.1. The number of thiazole rings is 1. The second kappa shape index (κ2) is 4.08. The molecule has 0 aliphatic heterocycles. The molecule has 5 nitrogen and oxygen atoms in total. The fourth-order valence-corrected chi connectivity index (χ4v) is 1.62. The van der Waals surface area contributed by atoms with Crippen LogP contribution in [0.4, 0.5) is 0 Å². The average molecular weight is 224 g/mol. The predicted molar refractivity (Wildman–Crippen MR) is 57.5 cm³/mol. The molecule has 2 N–H and O–H groups in total. The molecule has 2 unspecified atom stereocenters. The first-order chi connectivity index (χ1) is 7.18. The van der Waals surface area contributed by atoms with E-state index in [1.54, 1.807) is 11.7 Å². The highest BCUT2D eigenvalue weighted by molar-refractivity contribution is 7.13. The minimum atomic E-state index is -0.000222. The van der Waals surface area contributed by atoms with E-state index >= 15 is 0 Å². The van der Waals surface area contributed by atoms with Gasteiger partial charge in [0.1, 0.15) is 0 Å². The highest BCUT2D eigenvalue weighted by Crippen LogP contribution is 2.23. The van der Waals surface area contributed by atoms with E-state index in [1.807, 2.05) is 13.8 Å². The van der Waals surface area contributed by atoms with Crippen LogP contribution >= 0.6 is 11.3 Å². The number of hydrogen-bond donors (Lipinski definition) is 1. The van der Waals surface area contributed by atoms with Crippen molar-refractivity contribution in [2.75, 3.05) is 0 Å². The van der Waals surface area contributed by atoms with E-state index in [4.69, 9.17) is 10.3 Å². The van der Waals surface area contributed by atoms with Crippen molar-refractivity contribution in [3.05, 3.63) is 17.6 Å². The van der Waals surface area contributed by atoms with Crippen molar-refractivity contribution in [2.45, 2.75) is 25.8 Å². The predicted octanol–water partition coefficient (Wildman–Crippen LogP) is 1.64. The van der Waals surface area contributed by atoms with E-state index in [-0.39, 0.29) is 12.0 Å². The Morgan fingerprint density at radius 3 is 2.87 bits per heavy atom. The van der Waals surface area contributed by atoms with Gasteiger partial charge < -0.3 is 10.3 Å². The van der Waals surface area contributed by atoms with Crippen LogP contribution in [0.1, 0.15) is 25.7 Å². The number of nitrogens with zero attached hydrogens (tertiary/aromatic N) is 3. The Morgan fingerprint density at radius 2 is 2.27 bits per heavy atom.